The minimum atomic E-state index is -3.45. The largest absolute Gasteiger partial charge is 0.399 e. The minimum Gasteiger partial charge on any atom is -0.399 e. The molecule has 1 heterocycles. The first-order valence-electron chi connectivity index (χ1n) is 6.45. The SMILES string of the molecule is Cc1cc(S(=O)(=O)NC2CCCN(C)C2)ccc1N. The molecule has 5 nitrogen and oxygen atoms in total. The summed E-state index contributed by atoms with van der Waals surface area (Å²) in [6, 6.07) is 4.79. The number of nitrogens with two attached hydrogens (primary N) is 1. The number of sulfonamides is 1. The van der Waals surface area contributed by atoms with Gasteiger partial charge in [0, 0.05) is 18.3 Å². The molecule has 0 radical (unpaired) electrons. The van der Waals surface area contributed by atoms with E-state index < -0.39 is 10.0 Å². The summed E-state index contributed by atoms with van der Waals surface area (Å²) in [4.78, 5) is 2.43. The van der Waals surface area contributed by atoms with Gasteiger partial charge in [0.05, 0.1) is 4.90 Å². The highest BCUT2D eigenvalue weighted by Gasteiger charge is 2.23. The maximum atomic E-state index is 12.3. The van der Waals surface area contributed by atoms with Crippen LogP contribution in [-0.2, 0) is 10.0 Å². The van der Waals surface area contributed by atoms with Gasteiger partial charge < -0.3 is 10.6 Å². The molecule has 0 bridgehead atoms. The molecule has 0 saturated carbocycles. The fourth-order valence-electron chi connectivity index (χ4n) is 2.37. The normalized spacial score (nSPS) is 21.5. The molecule has 0 amide bonds. The third-order valence-electron chi connectivity index (χ3n) is 3.50. The molecule has 1 unspecified atom stereocenters. The van der Waals surface area contributed by atoms with Crippen LogP contribution in [0.25, 0.3) is 0 Å². The van der Waals surface area contributed by atoms with Gasteiger partial charge in [-0.2, -0.15) is 0 Å². The fraction of sp³-hybridized carbons (Fsp3) is 0.538. The monoisotopic (exact) mass is 283 g/mol. The van der Waals surface area contributed by atoms with Gasteiger partial charge in [0.25, 0.3) is 0 Å². The number of aryl methyl sites for hydroxylation is 1. The summed E-state index contributed by atoms with van der Waals surface area (Å²) >= 11 is 0. The Hall–Kier alpha value is -1.11. The first-order chi connectivity index (χ1) is 8.88. The molecule has 0 aliphatic carbocycles. The van der Waals surface area contributed by atoms with Gasteiger partial charge in [-0.25, -0.2) is 13.1 Å². The van der Waals surface area contributed by atoms with Crippen LogP contribution in [0.3, 0.4) is 0 Å². The molecular formula is C13H21N3O2S. The lowest BCUT2D eigenvalue weighted by molar-refractivity contribution is 0.242. The second-order valence-corrected chi connectivity index (χ2v) is 6.96. The highest BCUT2D eigenvalue weighted by Crippen LogP contribution is 2.18. The van der Waals surface area contributed by atoms with E-state index in [4.69, 9.17) is 5.73 Å². The van der Waals surface area contributed by atoms with Crippen molar-refractivity contribution in [2.24, 2.45) is 0 Å². The van der Waals surface area contributed by atoms with Crippen molar-refractivity contribution in [1.82, 2.24) is 9.62 Å². The zero-order valence-electron chi connectivity index (χ0n) is 11.4. The average Bonchev–Trinajstić information content (AvgIpc) is 2.32. The molecule has 1 aliphatic rings. The number of likely N-dealkylation sites (N-methyl/N-ethyl adjacent to an activating group) is 1. The molecule has 3 N–H and O–H groups in total. The van der Waals surface area contributed by atoms with Crippen LogP contribution in [0.4, 0.5) is 5.69 Å². The van der Waals surface area contributed by atoms with Crippen LogP contribution < -0.4 is 10.5 Å². The van der Waals surface area contributed by atoms with Crippen LogP contribution in [-0.4, -0.2) is 39.5 Å². The number of nitrogens with zero attached hydrogens (tertiary/aromatic N) is 1. The lowest BCUT2D eigenvalue weighted by atomic mass is 10.1. The molecule has 6 heteroatoms. The quantitative estimate of drug-likeness (QED) is 0.810. The zero-order valence-corrected chi connectivity index (χ0v) is 12.2. The predicted molar refractivity (Wildman–Crippen MR) is 76.4 cm³/mol. The molecule has 1 saturated heterocycles. The second kappa shape index (κ2) is 5.48. The van der Waals surface area contributed by atoms with E-state index in [-0.39, 0.29) is 10.9 Å². The summed E-state index contributed by atoms with van der Waals surface area (Å²) in [6.45, 7) is 3.59. The van der Waals surface area contributed by atoms with Gasteiger partial charge in [0.1, 0.15) is 0 Å². The molecule has 1 fully saturated rings. The van der Waals surface area contributed by atoms with E-state index in [1.807, 2.05) is 14.0 Å². The average molecular weight is 283 g/mol. The Morgan fingerprint density at radius 1 is 1.42 bits per heavy atom. The van der Waals surface area contributed by atoms with Gasteiger partial charge in [0.2, 0.25) is 10.0 Å². The van der Waals surface area contributed by atoms with Gasteiger partial charge in [-0.1, -0.05) is 0 Å². The van der Waals surface area contributed by atoms with Gasteiger partial charge in [-0.15, -0.1) is 0 Å². The Morgan fingerprint density at radius 3 is 2.79 bits per heavy atom. The molecule has 0 aromatic heterocycles. The number of nitrogen functional groups attached to an aromatic ring is 1. The number of anilines is 1. The zero-order chi connectivity index (χ0) is 14.0. The van der Waals surface area contributed by atoms with E-state index in [0.29, 0.717) is 5.69 Å². The molecule has 106 valence electrons. The fourth-order valence-corrected chi connectivity index (χ4v) is 3.71. The Bertz CT molecular complexity index is 557. The third kappa shape index (κ3) is 3.46. The molecule has 19 heavy (non-hydrogen) atoms. The Kier molecular flexibility index (Phi) is 4.13. The number of hydrogen-bond donors (Lipinski definition) is 2. The van der Waals surface area contributed by atoms with Crippen LogP contribution in [0.15, 0.2) is 23.1 Å². The molecule has 1 atom stereocenters. The van der Waals surface area contributed by atoms with E-state index in [2.05, 4.69) is 9.62 Å². The van der Waals surface area contributed by atoms with Crippen molar-refractivity contribution in [2.75, 3.05) is 25.9 Å². The first kappa shape index (κ1) is 14.3. The number of benzene rings is 1. The Labute approximate surface area is 114 Å². The smallest absolute Gasteiger partial charge is 0.240 e. The topological polar surface area (TPSA) is 75.4 Å². The molecule has 1 aliphatic heterocycles. The van der Waals surface area contributed by atoms with Crippen LogP contribution in [0.1, 0.15) is 18.4 Å². The van der Waals surface area contributed by atoms with Gasteiger partial charge in [0.15, 0.2) is 0 Å². The van der Waals surface area contributed by atoms with Crippen molar-refractivity contribution >= 4 is 15.7 Å². The maximum Gasteiger partial charge on any atom is 0.240 e. The second-order valence-electron chi connectivity index (χ2n) is 5.24. The summed E-state index contributed by atoms with van der Waals surface area (Å²) in [5.41, 5.74) is 7.10. The van der Waals surface area contributed by atoms with Gasteiger partial charge in [-0.3, -0.25) is 0 Å². The van der Waals surface area contributed by atoms with E-state index in [1.165, 1.54) is 0 Å². The Balaban J connectivity index is 2.15. The van der Waals surface area contributed by atoms with E-state index in [1.54, 1.807) is 18.2 Å². The predicted octanol–water partition coefficient (Wildman–Crippen LogP) is 0.950. The maximum absolute atomic E-state index is 12.3. The molecule has 2 rings (SSSR count). The van der Waals surface area contributed by atoms with E-state index >= 15 is 0 Å². The van der Waals surface area contributed by atoms with E-state index in [9.17, 15) is 8.42 Å². The highest BCUT2D eigenvalue weighted by molar-refractivity contribution is 7.89. The molecule has 0 spiro atoms. The van der Waals surface area contributed by atoms with Crippen LogP contribution in [0, 0.1) is 6.92 Å². The van der Waals surface area contributed by atoms with Crippen LogP contribution >= 0.6 is 0 Å². The Morgan fingerprint density at radius 2 is 2.16 bits per heavy atom. The van der Waals surface area contributed by atoms with Crippen LogP contribution in [0.2, 0.25) is 0 Å². The summed E-state index contributed by atoms with van der Waals surface area (Å²) in [5.74, 6) is 0. The van der Waals surface area contributed by atoms with Gasteiger partial charge in [-0.05, 0) is 57.1 Å². The van der Waals surface area contributed by atoms with Crippen molar-refractivity contribution < 1.29 is 8.42 Å². The summed E-state index contributed by atoms with van der Waals surface area (Å²) in [7, 11) is -1.45. The first-order valence-corrected chi connectivity index (χ1v) is 7.94. The summed E-state index contributed by atoms with van der Waals surface area (Å²) in [6.07, 6.45) is 1.90. The van der Waals surface area contributed by atoms with Crippen molar-refractivity contribution in [2.45, 2.75) is 30.7 Å². The van der Waals surface area contributed by atoms with Crippen molar-refractivity contribution in [1.29, 1.82) is 0 Å². The van der Waals surface area contributed by atoms with E-state index in [0.717, 1.165) is 31.5 Å². The number of rotatable bonds is 3. The van der Waals surface area contributed by atoms with Crippen LogP contribution in [0.5, 0.6) is 0 Å². The highest BCUT2D eigenvalue weighted by atomic mass is 32.2. The lowest BCUT2D eigenvalue weighted by Gasteiger charge is -2.30. The summed E-state index contributed by atoms with van der Waals surface area (Å²) in [5, 5.41) is 0. The lowest BCUT2D eigenvalue weighted by Crippen LogP contribution is -2.46. The molecular weight excluding hydrogens is 262 g/mol. The molecule has 1 aromatic rings. The third-order valence-corrected chi connectivity index (χ3v) is 5.02. The standard InChI is InChI=1S/C13H21N3O2S/c1-10-8-12(5-6-13(10)14)19(17,18)15-11-4-3-7-16(2)9-11/h5-6,8,11,15H,3-4,7,9,14H2,1-2H3. The summed E-state index contributed by atoms with van der Waals surface area (Å²) < 4.78 is 27.4. The number of nitrogens with one attached hydrogen (secondary N) is 1. The van der Waals surface area contributed by atoms with Crippen molar-refractivity contribution in [3.8, 4) is 0 Å². The van der Waals surface area contributed by atoms with Crippen molar-refractivity contribution in [3.63, 3.8) is 0 Å². The minimum absolute atomic E-state index is 0.0124. The number of piperidine rings is 1. The van der Waals surface area contributed by atoms with Crippen molar-refractivity contribution in [3.05, 3.63) is 23.8 Å². The molecule has 1 aromatic carbocycles. The number of hydrogen-bond acceptors (Lipinski definition) is 4. The number of likely N-dealkylation sites (tertiary alicyclic amines) is 1. The van der Waals surface area contributed by atoms with Gasteiger partial charge >= 0.3 is 0 Å².